The maximum atomic E-state index is 5.87. The fourth-order valence-electron chi connectivity index (χ4n) is 1.63. The fraction of sp³-hybridized carbons (Fsp3) is 0.273. The Labute approximate surface area is 78.0 Å². The van der Waals surface area contributed by atoms with Crippen LogP contribution in [0.4, 0.5) is 0 Å². The molecule has 13 heavy (non-hydrogen) atoms. The lowest BCUT2D eigenvalue weighted by Gasteiger charge is -2.11. The Morgan fingerprint density at radius 3 is 3.15 bits per heavy atom. The maximum absolute atomic E-state index is 5.87. The van der Waals surface area contributed by atoms with E-state index in [1.165, 1.54) is 5.56 Å². The fourth-order valence-corrected chi connectivity index (χ4v) is 1.63. The first kappa shape index (κ1) is 8.32. The predicted octanol–water partition coefficient (Wildman–Crippen LogP) is 1.81. The molecule has 2 rings (SSSR count). The molecule has 1 aliphatic rings. The third-order valence-corrected chi connectivity index (χ3v) is 2.36. The van der Waals surface area contributed by atoms with Crippen LogP contribution in [0.3, 0.4) is 0 Å². The van der Waals surface area contributed by atoms with E-state index in [1.807, 2.05) is 12.1 Å². The zero-order chi connectivity index (χ0) is 9.26. The van der Waals surface area contributed by atoms with Crippen LogP contribution in [-0.2, 0) is 6.42 Å². The summed E-state index contributed by atoms with van der Waals surface area (Å²) in [5, 5.41) is 0. The topological polar surface area (TPSA) is 35.2 Å². The zero-order valence-electron chi connectivity index (χ0n) is 7.49. The number of rotatable bonds is 2. The van der Waals surface area contributed by atoms with Crippen molar-refractivity contribution in [2.24, 2.45) is 5.73 Å². The van der Waals surface area contributed by atoms with Crippen molar-refractivity contribution < 1.29 is 4.74 Å². The third kappa shape index (κ3) is 1.33. The molecular formula is C11H13NO. The van der Waals surface area contributed by atoms with Crippen LogP contribution in [0.25, 0.3) is 0 Å². The molecule has 0 bridgehead atoms. The van der Waals surface area contributed by atoms with E-state index in [-0.39, 0.29) is 6.04 Å². The average molecular weight is 175 g/mol. The summed E-state index contributed by atoms with van der Waals surface area (Å²) in [5.41, 5.74) is 8.17. The Balaban J connectivity index is 2.46. The molecule has 2 nitrogen and oxygen atoms in total. The molecule has 1 heterocycles. The smallest absolute Gasteiger partial charge is 0.127 e. The highest BCUT2D eigenvalue weighted by molar-refractivity contribution is 5.46. The maximum Gasteiger partial charge on any atom is 0.127 e. The first-order valence-corrected chi connectivity index (χ1v) is 4.45. The summed E-state index contributed by atoms with van der Waals surface area (Å²) in [6.45, 7) is 4.46. The van der Waals surface area contributed by atoms with Gasteiger partial charge in [-0.3, -0.25) is 0 Å². The number of ether oxygens (including phenoxy) is 1. The summed E-state index contributed by atoms with van der Waals surface area (Å²) in [5.74, 6) is 0.968. The van der Waals surface area contributed by atoms with Crippen molar-refractivity contribution in [2.75, 3.05) is 6.61 Å². The molecule has 0 aliphatic carbocycles. The number of hydrogen-bond donors (Lipinski definition) is 1. The van der Waals surface area contributed by atoms with Gasteiger partial charge < -0.3 is 10.5 Å². The Morgan fingerprint density at radius 2 is 2.38 bits per heavy atom. The Hall–Kier alpha value is -1.28. The quantitative estimate of drug-likeness (QED) is 0.696. The minimum absolute atomic E-state index is 0.118. The van der Waals surface area contributed by atoms with Gasteiger partial charge in [0.2, 0.25) is 0 Å². The van der Waals surface area contributed by atoms with Crippen LogP contribution in [0.1, 0.15) is 17.2 Å². The molecule has 1 aliphatic heterocycles. The number of fused-ring (bicyclic) bond motifs is 1. The number of nitrogens with two attached hydrogens (primary N) is 1. The van der Waals surface area contributed by atoms with E-state index in [0.717, 1.165) is 24.3 Å². The SMILES string of the molecule is C=C[C@H](N)c1cccc2c1OCC2. The average Bonchev–Trinajstić information content (AvgIpc) is 2.63. The molecule has 0 fully saturated rings. The summed E-state index contributed by atoms with van der Waals surface area (Å²) < 4.78 is 5.52. The Kier molecular flexibility index (Phi) is 2.07. The predicted molar refractivity (Wildman–Crippen MR) is 52.8 cm³/mol. The highest BCUT2D eigenvalue weighted by Gasteiger charge is 2.17. The van der Waals surface area contributed by atoms with E-state index in [9.17, 15) is 0 Å². The van der Waals surface area contributed by atoms with Gasteiger partial charge in [-0.05, 0) is 5.56 Å². The number of benzene rings is 1. The lowest BCUT2D eigenvalue weighted by Crippen LogP contribution is -2.07. The van der Waals surface area contributed by atoms with Gasteiger partial charge in [0.25, 0.3) is 0 Å². The summed E-state index contributed by atoms with van der Waals surface area (Å²) in [6.07, 6.45) is 2.73. The molecule has 1 aromatic carbocycles. The molecule has 68 valence electrons. The first-order chi connectivity index (χ1) is 6.33. The van der Waals surface area contributed by atoms with Crippen LogP contribution in [0.2, 0.25) is 0 Å². The lowest BCUT2D eigenvalue weighted by atomic mass is 10.0. The van der Waals surface area contributed by atoms with Gasteiger partial charge in [-0.25, -0.2) is 0 Å². The molecule has 0 saturated heterocycles. The molecule has 1 aromatic rings. The van der Waals surface area contributed by atoms with Crippen LogP contribution in [0.15, 0.2) is 30.9 Å². The van der Waals surface area contributed by atoms with Crippen molar-refractivity contribution in [3.8, 4) is 5.75 Å². The van der Waals surface area contributed by atoms with Gasteiger partial charge in [0.05, 0.1) is 12.6 Å². The second-order valence-corrected chi connectivity index (χ2v) is 3.20. The molecule has 1 atom stereocenters. The first-order valence-electron chi connectivity index (χ1n) is 4.45. The summed E-state index contributed by atoms with van der Waals surface area (Å²) in [4.78, 5) is 0. The normalized spacial score (nSPS) is 16.1. The molecule has 0 spiro atoms. The summed E-state index contributed by atoms with van der Waals surface area (Å²) >= 11 is 0. The molecule has 2 N–H and O–H groups in total. The van der Waals surface area contributed by atoms with Crippen LogP contribution in [0.5, 0.6) is 5.75 Å². The van der Waals surface area contributed by atoms with E-state index in [2.05, 4.69) is 12.6 Å². The third-order valence-electron chi connectivity index (χ3n) is 2.36. The van der Waals surface area contributed by atoms with Crippen molar-refractivity contribution in [3.05, 3.63) is 42.0 Å². The van der Waals surface area contributed by atoms with E-state index in [4.69, 9.17) is 10.5 Å². The molecular weight excluding hydrogens is 162 g/mol. The van der Waals surface area contributed by atoms with Crippen molar-refractivity contribution in [2.45, 2.75) is 12.5 Å². The highest BCUT2D eigenvalue weighted by atomic mass is 16.5. The minimum Gasteiger partial charge on any atom is -0.493 e. The van der Waals surface area contributed by atoms with Gasteiger partial charge in [0.15, 0.2) is 0 Å². The Bertz CT molecular complexity index is 333. The monoisotopic (exact) mass is 175 g/mol. The van der Waals surface area contributed by atoms with E-state index in [0.29, 0.717) is 0 Å². The lowest BCUT2D eigenvalue weighted by molar-refractivity contribution is 0.352. The Morgan fingerprint density at radius 1 is 1.54 bits per heavy atom. The van der Waals surface area contributed by atoms with E-state index in [1.54, 1.807) is 6.08 Å². The number of para-hydroxylation sites is 1. The van der Waals surface area contributed by atoms with E-state index >= 15 is 0 Å². The van der Waals surface area contributed by atoms with Crippen LogP contribution >= 0.6 is 0 Å². The largest absolute Gasteiger partial charge is 0.493 e. The molecule has 0 unspecified atom stereocenters. The van der Waals surface area contributed by atoms with Crippen molar-refractivity contribution in [3.63, 3.8) is 0 Å². The van der Waals surface area contributed by atoms with Crippen molar-refractivity contribution in [1.29, 1.82) is 0 Å². The van der Waals surface area contributed by atoms with Crippen molar-refractivity contribution in [1.82, 2.24) is 0 Å². The molecule has 2 heteroatoms. The van der Waals surface area contributed by atoms with Crippen LogP contribution in [-0.4, -0.2) is 6.61 Å². The zero-order valence-corrected chi connectivity index (χ0v) is 7.49. The molecule has 0 radical (unpaired) electrons. The van der Waals surface area contributed by atoms with Gasteiger partial charge in [0.1, 0.15) is 5.75 Å². The van der Waals surface area contributed by atoms with Crippen LogP contribution < -0.4 is 10.5 Å². The molecule has 0 saturated carbocycles. The minimum atomic E-state index is -0.118. The summed E-state index contributed by atoms with van der Waals surface area (Å²) in [6, 6.07) is 5.98. The second kappa shape index (κ2) is 3.23. The molecule has 0 aromatic heterocycles. The van der Waals surface area contributed by atoms with E-state index < -0.39 is 0 Å². The van der Waals surface area contributed by atoms with Gasteiger partial charge >= 0.3 is 0 Å². The standard InChI is InChI=1S/C11H13NO/c1-2-10(12)9-5-3-4-8-6-7-13-11(8)9/h2-5,10H,1,6-7,12H2/t10-/m0/s1. The van der Waals surface area contributed by atoms with Crippen molar-refractivity contribution >= 4 is 0 Å². The van der Waals surface area contributed by atoms with Gasteiger partial charge in [0, 0.05) is 12.0 Å². The number of hydrogen-bond acceptors (Lipinski definition) is 2. The second-order valence-electron chi connectivity index (χ2n) is 3.20. The summed E-state index contributed by atoms with van der Waals surface area (Å²) in [7, 11) is 0. The van der Waals surface area contributed by atoms with Gasteiger partial charge in [-0.2, -0.15) is 0 Å². The van der Waals surface area contributed by atoms with Gasteiger partial charge in [-0.15, -0.1) is 6.58 Å². The molecule has 0 amide bonds. The van der Waals surface area contributed by atoms with Crippen LogP contribution in [0, 0.1) is 0 Å². The van der Waals surface area contributed by atoms with Gasteiger partial charge in [-0.1, -0.05) is 24.3 Å². The highest BCUT2D eigenvalue weighted by Crippen LogP contribution is 2.32.